The molecule has 2 rings (SSSR count). The molecule has 0 aliphatic heterocycles. The number of rotatable bonds is 1. The zero-order valence-electron chi connectivity index (χ0n) is 7.20. The Bertz CT molecular complexity index is 380. The van der Waals surface area contributed by atoms with Crippen molar-refractivity contribution in [2.45, 2.75) is 6.42 Å². The van der Waals surface area contributed by atoms with Gasteiger partial charge in [0.2, 0.25) is 5.76 Å². The topological polar surface area (TPSA) is 49.4 Å². The van der Waals surface area contributed by atoms with Crippen LogP contribution in [0.25, 0.3) is 5.76 Å². The molecule has 1 aromatic rings. The van der Waals surface area contributed by atoms with Crippen molar-refractivity contribution in [2.24, 2.45) is 0 Å². The van der Waals surface area contributed by atoms with E-state index in [1.807, 2.05) is 0 Å². The Kier molecular flexibility index (Phi) is 1.65. The second kappa shape index (κ2) is 2.69. The van der Waals surface area contributed by atoms with Crippen LogP contribution >= 0.6 is 0 Å². The van der Waals surface area contributed by atoms with E-state index in [1.165, 1.54) is 0 Å². The van der Waals surface area contributed by atoms with Crippen molar-refractivity contribution in [3.05, 3.63) is 35.1 Å². The minimum Gasteiger partial charge on any atom is -0.508 e. The average Bonchev–Trinajstić information content (AvgIpc) is 2.43. The summed E-state index contributed by atoms with van der Waals surface area (Å²) in [5.41, 5.74) is 1.34. The van der Waals surface area contributed by atoms with Crippen molar-refractivity contribution in [2.75, 3.05) is 7.11 Å². The summed E-state index contributed by atoms with van der Waals surface area (Å²) in [7, 11) is 1.55. The third-order valence-electron chi connectivity index (χ3n) is 2.20. The van der Waals surface area contributed by atoms with E-state index in [1.54, 1.807) is 25.3 Å². The number of methoxy groups -OCH3 is 1. The molecular weight excluding hydrogens is 168 g/mol. The molecule has 0 amide bonds. The lowest BCUT2D eigenvalue weighted by molar-refractivity contribution is 0.335. The molecule has 3 nitrogen and oxygen atoms in total. The van der Waals surface area contributed by atoms with Gasteiger partial charge in [0, 0.05) is 17.5 Å². The van der Waals surface area contributed by atoms with Crippen molar-refractivity contribution < 1.29 is 14.9 Å². The molecule has 0 aromatic heterocycles. The highest BCUT2D eigenvalue weighted by atomic mass is 16.5. The van der Waals surface area contributed by atoms with E-state index in [0.717, 1.165) is 5.56 Å². The summed E-state index contributed by atoms with van der Waals surface area (Å²) in [5, 5.41) is 20.6. The maximum atomic E-state index is 11.3. The minimum absolute atomic E-state index is 0.0977. The molecule has 1 N–H and O–H groups in total. The minimum atomic E-state index is -0.283. The summed E-state index contributed by atoms with van der Waals surface area (Å²) >= 11 is 0. The summed E-state index contributed by atoms with van der Waals surface area (Å²) in [6.45, 7) is 0. The highest BCUT2D eigenvalue weighted by Crippen LogP contribution is 2.35. The second-order valence-electron chi connectivity index (χ2n) is 2.94. The first-order chi connectivity index (χ1) is 6.24. The molecule has 0 bridgehead atoms. The monoisotopic (exact) mass is 177 g/mol. The number of aliphatic hydroxyl groups excluding tert-OH is 1. The third-order valence-corrected chi connectivity index (χ3v) is 2.20. The van der Waals surface area contributed by atoms with Crippen molar-refractivity contribution in [1.29, 1.82) is 0 Å². The molecule has 1 aliphatic rings. The molecule has 0 fully saturated rings. The van der Waals surface area contributed by atoms with E-state index >= 15 is 0 Å². The number of hydrogen-bond donors (Lipinski definition) is 1. The van der Waals surface area contributed by atoms with Gasteiger partial charge in [0.1, 0.15) is 11.5 Å². The van der Waals surface area contributed by atoms with E-state index < -0.39 is 0 Å². The van der Waals surface area contributed by atoms with Gasteiger partial charge in [0.05, 0.1) is 7.11 Å². The van der Waals surface area contributed by atoms with Crippen LogP contribution < -0.4 is 4.74 Å². The van der Waals surface area contributed by atoms with Crippen LogP contribution in [-0.4, -0.2) is 12.2 Å². The smallest absolute Gasteiger partial charge is 0.223 e. The third kappa shape index (κ3) is 1.04. The van der Waals surface area contributed by atoms with Gasteiger partial charge in [-0.15, -0.1) is 0 Å². The largest absolute Gasteiger partial charge is 0.508 e. The summed E-state index contributed by atoms with van der Waals surface area (Å²) < 4.78 is 5.08. The number of aliphatic hydroxyl groups is 1. The molecule has 0 unspecified atom stereocenters. The van der Waals surface area contributed by atoms with Gasteiger partial charge in [0.25, 0.3) is 0 Å². The number of ether oxygens (including phenoxy) is 1. The highest BCUT2D eigenvalue weighted by molar-refractivity contribution is 5.71. The Labute approximate surface area is 75.9 Å². The fourth-order valence-electron chi connectivity index (χ4n) is 1.56. The fraction of sp³-hybridized carbons (Fsp3) is 0.200. The molecule has 0 heterocycles. The Hall–Kier alpha value is -1.64. The Morgan fingerprint density at radius 1 is 1.46 bits per heavy atom. The lowest BCUT2D eigenvalue weighted by Crippen LogP contribution is -1.91. The molecule has 0 saturated carbocycles. The number of hydrogen-bond acceptors (Lipinski definition) is 2. The number of allylic oxidation sites excluding steroid dienone is 1. The van der Waals surface area contributed by atoms with Gasteiger partial charge in [-0.1, -0.05) is 12.1 Å². The predicted octanol–water partition coefficient (Wildman–Crippen LogP) is 1.91. The van der Waals surface area contributed by atoms with Crippen molar-refractivity contribution >= 4 is 5.76 Å². The standard InChI is InChI=1S/C10H9O3/c1-13-9-4-2-3-6-7(9)5-8(11)10(6)12/h2-4,11H,5H2,1H3. The molecule has 1 aromatic carbocycles. The van der Waals surface area contributed by atoms with Gasteiger partial charge in [-0.3, -0.25) is 5.11 Å². The van der Waals surface area contributed by atoms with E-state index in [9.17, 15) is 10.2 Å². The number of benzene rings is 1. The molecule has 0 saturated heterocycles. The zero-order chi connectivity index (χ0) is 9.42. The highest BCUT2D eigenvalue weighted by Gasteiger charge is 2.25. The van der Waals surface area contributed by atoms with Crippen molar-refractivity contribution in [3.63, 3.8) is 0 Å². The number of fused-ring (bicyclic) bond motifs is 1. The molecule has 0 spiro atoms. The molecule has 1 aliphatic carbocycles. The van der Waals surface area contributed by atoms with Gasteiger partial charge in [-0.25, -0.2) is 0 Å². The first kappa shape index (κ1) is 7.98. The maximum Gasteiger partial charge on any atom is 0.223 e. The van der Waals surface area contributed by atoms with Crippen LogP contribution in [-0.2, 0) is 11.5 Å². The van der Waals surface area contributed by atoms with Gasteiger partial charge in [-0.05, 0) is 6.07 Å². The van der Waals surface area contributed by atoms with E-state index in [0.29, 0.717) is 11.3 Å². The summed E-state index contributed by atoms with van der Waals surface area (Å²) in [6, 6.07) is 5.22. The van der Waals surface area contributed by atoms with Gasteiger partial charge in [-0.2, -0.15) is 0 Å². The summed E-state index contributed by atoms with van der Waals surface area (Å²) in [5.74, 6) is 0.281. The summed E-state index contributed by atoms with van der Waals surface area (Å²) in [6.07, 6.45) is 0.290. The van der Waals surface area contributed by atoms with Crippen LogP contribution in [0.1, 0.15) is 11.1 Å². The Morgan fingerprint density at radius 2 is 2.23 bits per heavy atom. The lowest BCUT2D eigenvalue weighted by Gasteiger charge is -2.05. The van der Waals surface area contributed by atoms with Crippen molar-refractivity contribution in [3.8, 4) is 5.75 Å². The summed E-state index contributed by atoms with van der Waals surface area (Å²) in [4.78, 5) is 0. The normalized spacial score (nSPS) is 14.5. The fourth-order valence-corrected chi connectivity index (χ4v) is 1.56. The Morgan fingerprint density at radius 3 is 2.92 bits per heavy atom. The predicted molar refractivity (Wildman–Crippen MR) is 46.9 cm³/mol. The molecule has 3 heteroatoms. The van der Waals surface area contributed by atoms with Crippen molar-refractivity contribution in [1.82, 2.24) is 0 Å². The van der Waals surface area contributed by atoms with Gasteiger partial charge < -0.3 is 9.84 Å². The van der Waals surface area contributed by atoms with Crippen LogP contribution in [0.2, 0.25) is 0 Å². The van der Waals surface area contributed by atoms with Gasteiger partial charge >= 0.3 is 0 Å². The maximum absolute atomic E-state index is 11.3. The first-order valence-electron chi connectivity index (χ1n) is 3.99. The van der Waals surface area contributed by atoms with E-state index in [4.69, 9.17) is 4.74 Å². The van der Waals surface area contributed by atoms with Crippen LogP contribution in [0.5, 0.6) is 5.75 Å². The lowest BCUT2D eigenvalue weighted by atomic mass is 10.1. The Balaban J connectivity index is 2.57. The SMILES string of the molecule is COc1cccc2c1CC(O)=C2[O]. The average molecular weight is 177 g/mol. The molecule has 0 atom stereocenters. The molecule has 67 valence electrons. The van der Waals surface area contributed by atoms with E-state index in [-0.39, 0.29) is 17.9 Å². The zero-order valence-corrected chi connectivity index (χ0v) is 7.20. The van der Waals surface area contributed by atoms with Crippen LogP contribution in [0.3, 0.4) is 0 Å². The van der Waals surface area contributed by atoms with Gasteiger partial charge in [0.15, 0.2) is 0 Å². The first-order valence-corrected chi connectivity index (χ1v) is 3.99. The van der Waals surface area contributed by atoms with Crippen LogP contribution in [0, 0.1) is 0 Å². The second-order valence-corrected chi connectivity index (χ2v) is 2.94. The molecule has 13 heavy (non-hydrogen) atoms. The molecular formula is C10H9O3. The molecule has 1 radical (unpaired) electrons. The van der Waals surface area contributed by atoms with Crippen LogP contribution in [0.15, 0.2) is 24.0 Å². The quantitative estimate of drug-likeness (QED) is 0.712. The van der Waals surface area contributed by atoms with Crippen LogP contribution in [0.4, 0.5) is 0 Å². The van der Waals surface area contributed by atoms with E-state index in [2.05, 4.69) is 0 Å².